The average Bonchev–Trinajstić information content (AvgIpc) is 3.40. The van der Waals surface area contributed by atoms with Crippen LogP contribution in [-0.2, 0) is 4.74 Å². The molecule has 2 aromatic rings. The Bertz CT molecular complexity index is 1010. The molecule has 0 radical (unpaired) electrons. The van der Waals surface area contributed by atoms with E-state index in [0.29, 0.717) is 36.4 Å². The zero-order valence-electron chi connectivity index (χ0n) is 17.2. The van der Waals surface area contributed by atoms with Crippen LogP contribution in [0.1, 0.15) is 23.2 Å². The highest BCUT2D eigenvalue weighted by molar-refractivity contribution is 5.96. The van der Waals surface area contributed by atoms with Crippen LogP contribution in [0.3, 0.4) is 0 Å². The van der Waals surface area contributed by atoms with Crippen LogP contribution < -0.4 is 5.63 Å². The van der Waals surface area contributed by atoms with Crippen molar-refractivity contribution in [1.29, 1.82) is 0 Å². The average molecular weight is 408 g/mol. The Labute approximate surface area is 176 Å². The summed E-state index contributed by atoms with van der Waals surface area (Å²) in [5.74, 6) is 1.47. The van der Waals surface area contributed by atoms with Gasteiger partial charge in [0.05, 0.1) is 13.2 Å². The third-order valence-corrected chi connectivity index (χ3v) is 6.82. The van der Waals surface area contributed by atoms with Crippen molar-refractivity contribution in [3.63, 3.8) is 0 Å². The van der Waals surface area contributed by atoms with Crippen LogP contribution in [0.15, 0.2) is 51.7 Å². The second-order valence-electron chi connectivity index (χ2n) is 8.73. The summed E-state index contributed by atoms with van der Waals surface area (Å²) in [6.45, 7) is 5.35. The molecule has 2 fully saturated rings. The highest BCUT2D eigenvalue weighted by atomic mass is 16.5. The fourth-order valence-corrected chi connectivity index (χ4v) is 5.13. The first-order valence-electron chi connectivity index (χ1n) is 11.0. The zero-order chi connectivity index (χ0) is 20.5. The minimum Gasteiger partial charge on any atom is -0.422 e. The number of carbonyl (C=O) groups is 1. The van der Waals surface area contributed by atoms with E-state index < -0.39 is 5.63 Å². The van der Waals surface area contributed by atoms with E-state index in [-0.39, 0.29) is 11.5 Å². The van der Waals surface area contributed by atoms with Gasteiger partial charge in [0.1, 0.15) is 11.1 Å². The van der Waals surface area contributed by atoms with Crippen molar-refractivity contribution in [2.75, 3.05) is 45.9 Å². The lowest BCUT2D eigenvalue weighted by atomic mass is 9.93. The number of nitrogens with zero attached hydrogens (tertiary/aromatic N) is 2. The van der Waals surface area contributed by atoms with Crippen LogP contribution in [0.2, 0.25) is 0 Å². The predicted octanol–water partition coefficient (Wildman–Crippen LogP) is 2.78. The van der Waals surface area contributed by atoms with Crippen molar-refractivity contribution in [2.45, 2.75) is 12.8 Å². The van der Waals surface area contributed by atoms with E-state index in [9.17, 15) is 9.59 Å². The summed E-state index contributed by atoms with van der Waals surface area (Å²) in [7, 11) is 0. The lowest BCUT2D eigenvalue weighted by Crippen LogP contribution is -2.45. The minimum atomic E-state index is -0.553. The Hall–Kier alpha value is -2.44. The number of benzene rings is 1. The SMILES string of the molecule is O=C(c1cc2ccccc2oc1=O)N(CCN1CCOCC1)C[C@@H]1C[C@H]2C=C[C@H]1C2. The largest absolute Gasteiger partial charge is 0.422 e. The van der Waals surface area contributed by atoms with E-state index in [2.05, 4.69) is 17.1 Å². The molecule has 6 nitrogen and oxygen atoms in total. The lowest BCUT2D eigenvalue weighted by molar-refractivity contribution is 0.0313. The molecule has 1 saturated carbocycles. The van der Waals surface area contributed by atoms with Gasteiger partial charge in [0.15, 0.2) is 0 Å². The first kappa shape index (κ1) is 19.5. The number of rotatable bonds is 6. The third-order valence-electron chi connectivity index (χ3n) is 6.82. The highest BCUT2D eigenvalue weighted by Crippen LogP contribution is 2.43. The van der Waals surface area contributed by atoms with Gasteiger partial charge in [-0.2, -0.15) is 0 Å². The first-order valence-corrected chi connectivity index (χ1v) is 11.0. The zero-order valence-corrected chi connectivity index (χ0v) is 17.2. The number of ether oxygens (including phenoxy) is 1. The molecule has 3 atom stereocenters. The van der Waals surface area contributed by atoms with Crippen LogP contribution in [0.4, 0.5) is 0 Å². The molecule has 2 aliphatic carbocycles. The molecule has 1 saturated heterocycles. The Morgan fingerprint density at radius 2 is 1.97 bits per heavy atom. The molecule has 0 spiro atoms. The van der Waals surface area contributed by atoms with Gasteiger partial charge in [-0.15, -0.1) is 0 Å². The van der Waals surface area contributed by atoms with Gasteiger partial charge < -0.3 is 14.1 Å². The van der Waals surface area contributed by atoms with Crippen molar-refractivity contribution < 1.29 is 13.9 Å². The lowest BCUT2D eigenvalue weighted by Gasteiger charge is -2.32. The number of hydrogen-bond acceptors (Lipinski definition) is 5. The van der Waals surface area contributed by atoms with Crippen LogP contribution >= 0.6 is 0 Å². The molecule has 1 amide bonds. The van der Waals surface area contributed by atoms with Gasteiger partial charge in [-0.25, -0.2) is 4.79 Å². The highest BCUT2D eigenvalue weighted by Gasteiger charge is 2.37. The molecule has 2 heterocycles. The van der Waals surface area contributed by atoms with Gasteiger partial charge in [-0.3, -0.25) is 9.69 Å². The first-order chi connectivity index (χ1) is 14.7. The van der Waals surface area contributed by atoms with Gasteiger partial charge in [-0.1, -0.05) is 30.4 Å². The Morgan fingerprint density at radius 3 is 2.73 bits per heavy atom. The van der Waals surface area contributed by atoms with Crippen molar-refractivity contribution in [2.24, 2.45) is 17.8 Å². The molecule has 1 aromatic carbocycles. The van der Waals surface area contributed by atoms with Crippen molar-refractivity contribution in [3.8, 4) is 0 Å². The molecule has 6 heteroatoms. The summed E-state index contributed by atoms with van der Waals surface area (Å²) in [5.41, 5.74) is 0.0921. The normalized spacial score (nSPS) is 25.8. The number of hydrogen-bond donors (Lipinski definition) is 0. The van der Waals surface area contributed by atoms with Crippen molar-refractivity contribution in [3.05, 3.63) is 58.5 Å². The second-order valence-corrected chi connectivity index (χ2v) is 8.73. The number of allylic oxidation sites excluding steroid dienone is 2. The van der Waals surface area contributed by atoms with Crippen LogP contribution in [0.25, 0.3) is 11.0 Å². The van der Waals surface area contributed by atoms with Crippen molar-refractivity contribution >= 4 is 16.9 Å². The Morgan fingerprint density at radius 1 is 1.13 bits per heavy atom. The van der Waals surface area contributed by atoms with Crippen LogP contribution in [0.5, 0.6) is 0 Å². The van der Waals surface area contributed by atoms with E-state index in [1.165, 1.54) is 6.42 Å². The summed E-state index contributed by atoms with van der Waals surface area (Å²) in [5, 5.41) is 0.774. The molecular formula is C24H28N2O4. The van der Waals surface area contributed by atoms with Gasteiger partial charge in [0.25, 0.3) is 5.91 Å². The number of para-hydroxylation sites is 1. The topological polar surface area (TPSA) is 63.0 Å². The van der Waals surface area contributed by atoms with Gasteiger partial charge in [0.2, 0.25) is 0 Å². The molecule has 158 valence electrons. The van der Waals surface area contributed by atoms with E-state index in [0.717, 1.165) is 44.7 Å². The molecule has 5 rings (SSSR count). The van der Waals surface area contributed by atoms with E-state index >= 15 is 0 Å². The monoisotopic (exact) mass is 408 g/mol. The summed E-state index contributed by atoms with van der Waals surface area (Å²) in [6, 6.07) is 9.01. The number of amides is 1. The number of carbonyl (C=O) groups excluding carboxylic acids is 1. The quantitative estimate of drug-likeness (QED) is 0.543. The smallest absolute Gasteiger partial charge is 0.349 e. The molecule has 30 heavy (non-hydrogen) atoms. The molecule has 1 aliphatic heterocycles. The van der Waals surface area contributed by atoms with Crippen LogP contribution in [-0.4, -0.2) is 61.6 Å². The number of morpholine rings is 1. The van der Waals surface area contributed by atoms with Gasteiger partial charge in [0, 0.05) is 38.1 Å². The summed E-state index contributed by atoms with van der Waals surface area (Å²) in [6.07, 6.45) is 6.97. The summed E-state index contributed by atoms with van der Waals surface area (Å²) >= 11 is 0. The van der Waals surface area contributed by atoms with Gasteiger partial charge >= 0.3 is 5.63 Å². The summed E-state index contributed by atoms with van der Waals surface area (Å²) < 4.78 is 10.9. The van der Waals surface area contributed by atoms with E-state index in [1.54, 1.807) is 12.1 Å². The standard InChI is InChI=1S/C24H28N2O4/c27-23(21-15-19-3-1-2-4-22(19)30-24(21)28)26(8-7-25-9-11-29-12-10-25)16-20-14-17-5-6-18(20)13-17/h1-6,15,17-18,20H,7-14,16H2/t17-,18-,20-/m0/s1. The molecule has 3 aliphatic rings. The van der Waals surface area contributed by atoms with Crippen LogP contribution in [0, 0.1) is 17.8 Å². The maximum atomic E-state index is 13.5. The Kier molecular flexibility index (Phi) is 5.44. The molecular weight excluding hydrogens is 380 g/mol. The number of fused-ring (bicyclic) bond motifs is 3. The van der Waals surface area contributed by atoms with E-state index in [4.69, 9.17) is 9.15 Å². The fraction of sp³-hybridized carbons (Fsp3) is 0.500. The second kappa shape index (κ2) is 8.36. The van der Waals surface area contributed by atoms with Crippen molar-refractivity contribution in [1.82, 2.24) is 9.80 Å². The predicted molar refractivity (Wildman–Crippen MR) is 114 cm³/mol. The fourth-order valence-electron chi connectivity index (χ4n) is 5.13. The third kappa shape index (κ3) is 3.94. The maximum Gasteiger partial charge on any atom is 0.349 e. The molecule has 0 unspecified atom stereocenters. The minimum absolute atomic E-state index is 0.134. The molecule has 1 aromatic heterocycles. The summed E-state index contributed by atoms with van der Waals surface area (Å²) in [4.78, 5) is 30.3. The molecule has 2 bridgehead atoms. The van der Waals surface area contributed by atoms with Gasteiger partial charge in [-0.05, 0) is 42.7 Å². The maximum absolute atomic E-state index is 13.5. The Balaban J connectivity index is 1.38. The van der Waals surface area contributed by atoms with E-state index in [1.807, 2.05) is 23.1 Å². The molecule has 0 N–H and O–H groups in total.